The first-order chi connectivity index (χ1) is 11.7. The maximum Gasteiger partial charge on any atom is 0.191 e. The first kappa shape index (κ1) is 21.2. The number of guanidine groups is 1. The van der Waals surface area contributed by atoms with Crippen LogP contribution in [0.1, 0.15) is 32.6 Å². The summed E-state index contributed by atoms with van der Waals surface area (Å²) in [6, 6.07) is 0.627. The summed E-state index contributed by atoms with van der Waals surface area (Å²) in [6.07, 6.45) is 5.07. The van der Waals surface area contributed by atoms with Crippen LogP contribution in [0.5, 0.6) is 0 Å². The fourth-order valence-corrected chi connectivity index (χ4v) is 4.20. The van der Waals surface area contributed by atoms with Crippen LogP contribution in [0.15, 0.2) is 4.99 Å². The van der Waals surface area contributed by atoms with Gasteiger partial charge < -0.3 is 15.4 Å². The third-order valence-corrected chi connectivity index (χ3v) is 6.06. The fraction of sp³-hybridized carbons (Fsp3) is 0.944. The van der Waals surface area contributed by atoms with Crippen LogP contribution in [0.2, 0.25) is 0 Å². The fourth-order valence-electron chi connectivity index (χ4n) is 4.20. The summed E-state index contributed by atoms with van der Waals surface area (Å²) in [4.78, 5) is 10.1. The van der Waals surface area contributed by atoms with Gasteiger partial charge in [0, 0.05) is 72.1 Å². The number of halogens is 1. The predicted molar refractivity (Wildman–Crippen MR) is 114 cm³/mol. The molecule has 0 aromatic rings. The van der Waals surface area contributed by atoms with E-state index >= 15 is 0 Å². The number of nitrogens with zero attached hydrogens (tertiary/aromatic N) is 3. The third kappa shape index (κ3) is 5.68. The largest absolute Gasteiger partial charge is 0.385 e. The Morgan fingerprint density at radius 1 is 1.20 bits per heavy atom. The minimum atomic E-state index is 0. The lowest BCUT2D eigenvalue weighted by Gasteiger charge is -2.47. The number of hydrogen-bond acceptors (Lipinski definition) is 4. The van der Waals surface area contributed by atoms with E-state index < -0.39 is 0 Å². The molecule has 0 spiro atoms. The first-order valence-corrected chi connectivity index (χ1v) is 9.72. The van der Waals surface area contributed by atoms with E-state index in [9.17, 15) is 0 Å². The molecule has 0 aromatic heterocycles. The van der Waals surface area contributed by atoms with E-state index in [0.29, 0.717) is 11.5 Å². The molecule has 1 saturated carbocycles. The van der Waals surface area contributed by atoms with Crippen molar-refractivity contribution in [3.63, 3.8) is 0 Å². The molecule has 3 aliphatic heterocycles. The van der Waals surface area contributed by atoms with Crippen molar-refractivity contribution in [1.82, 2.24) is 20.4 Å². The summed E-state index contributed by atoms with van der Waals surface area (Å²) in [5.74, 6) is 0.985. The number of fused-ring (bicyclic) bond motifs is 3. The summed E-state index contributed by atoms with van der Waals surface area (Å²) in [5, 5.41) is 7.01. The molecule has 25 heavy (non-hydrogen) atoms. The summed E-state index contributed by atoms with van der Waals surface area (Å²) >= 11 is 0. The van der Waals surface area contributed by atoms with Crippen molar-refractivity contribution in [3.8, 4) is 0 Å². The third-order valence-electron chi connectivity index (χ3n) is 6.06. The van der Waals surface area contributed by atoms with Gasteiger partial charge in [0.15, 0.2) is 5.96 Å². The Labute approximate surface area is 170 Å². The van der Waals surface area contributed by atoms with Gasteiger partial charge in [0.25, 0.3) is 0 Å². The van der Waals surface area contributed by atoms with Gasteiger partial charge in [0.05, 0.1) is 0 Å². The summed E-state index contributed by atoms with van der Waals surface area (Å²) in [5.41, 5.74) is 0.386. The zero-order chi connectivity index (χ0) is 16.8. The van der Waals surface area contributed by atoms with Gasteiger partial charge in [-0.3, -0.25) is 14.8 Å². The van der Waals surface area contributed by atoms with Crippen molar-refractivity contribution in [2.75, 3.05) is 66.1 Å². The monoisotopic (exact) mass is 465 g/mol. The molecule has 2 N–H and O–H groups in total. The lowest BCUT2D eigenvalue weighted by Crippen LogP contribution is -2.63. The van der Waals surface area contributed by atoms with Crippen LogP contribution in [0.25, 0.3) is 0 Å². The molecule has 1 unspecified atom stereocenters. The Bertz CT molecular complexity index is 422. The zero-order valence-corrected chi connectivity index (χ0v) is 18.3. The number of hydrogen-bond donors (Lipinski definition) is 2. The number of rotatable bonds is 8. The Morgan fingerprint density at radius 2 is 1.96 bits per heavy atom. The molecule has 4 rings (SSSR count). The molecule has 4 aliphatic rings. The second-order valence-electron chi connectivity index (χ2n) is 7.66. The molecule has 0 aromatic carbocycles. The Balaban J connectivity index is 0.00000225. The van der Waals surface area contributed by atoms with Crippen molar-refractivity contribution in [2.24, 2.45) is 10.4 Å². The number of nitrogens with one attached hydrogen (secondary N) is 2. The van der Waals surface area contributed by atoms with Gasteiger partial charge in [-0.25, -0.2) is 0 Å². The van der Waals surface area contributed by atoms with Crippen molar-refractivity contribution in [1.29, 1.82) is 0 Å². The number of ether oxygens (including phenoxy) is 1. The summed E-state index contributed by atoms with van der Waals surface area (Å²) in [6.45, 7) is 12.0. The molecular formula is C18H36IN5O. The van der Waals surface area contributed by atoms with E-state index in [0.717, 1.165) is 38.6 Å². The molecular weight excluding hydrogens is 429 g/mol. The van der Waals surface area contributed by atoms with Crippen molar-refractivity contribution >= 4 is 29.9 Å². The van der Waals surface area contributed by atoms with E-state index in [-0.39, 0.29) is 24.0 Å². The second kappa shape index (κ2) is 10.3. The van der Waals surface area contributed by atoms with Crippen LogP contribution < -0.4 is 10.6 Å². The highest BCUT2D eigenvalue weighted by Crippen LogP contribution is 2.44. The Morgan fingerprint density at radius 3 is 2.48 bits per heavy atom. The number of aliphatic imine (C=N–C) groups is 1. The van der Waals surface area contributed by atoms with Crippen LogP contribution in [0.4, 0.5) is 0 Å². The maximum atomic E-state index is 5.29. The van der Waals surface area contributed by atoms with Crippen LogP contribution in [-0.4, -0.2) is 87.9 Å². The molecule has 1 aliphatic carbocycles. The van der Waals surface area contributed by atoms with E-state index in [1.807, 2.05) is 0 Å². The molecule has 3 saturated heterocycles. The van der Waals surface area contributed by atoms with Gasteiger partial charge in [-0.1, -0.05) is 6.42 Å². The molecule has 0 radical (unpaired) electrons. The van der Waals surface area contributed by atoms with Crippen LogP contribution in [-0.2, 0) is 4.74 Å². The van der Waals surface area contributed by atoms with Gasteiger partial charge >= 0.3 is 0 Å². The molecule has 2 bridgehead atoms. The Hall–Kier alpha value is -0.120. The highest BCUT2D eigenvalue weighted by Gasteiger charge is 2.36. The highest BCUT2D eigenvalue weighted by atomic mass is 127. The topological polar surface area (TPSA) is 52.1 Å². The van der Waals surface area contributed by atoms with E-state index in [4.69, 9.17) is 9.73 Å². The predicted octanol–water partition coefficient (Wildman–Crippen LogP) is 1.37. The SMILES string of the molecule is CCNC(=NCC1(CCOC)CCC1)NCC1CN2CCN1CC2.I. The lowest BCUT2D eigenvalue weighted by molar-refractivity contribution is 0.0154. The van der Waals surface area contributed by atoms with Crippen LogP contribution in [0, 0.1) is 5.41 Å². The smallest absolute Gasteiger partial charge is 0.191 e. The number of methoxy groups -OCH3 is 1. The average molecular weight is 465 g/mol. The molecule has 1 atom stereocenters. The minimum absolute atomic E-state index is 0. The van der Waals surface area contributed by atoms with E-state index in [1.165, 1.54) is 52.0 Å². The standard InChI is InChI=1S/C18H35N5O.HI/c1-3-19-17(21-15-18(5-4-6-18)7-12-24-2)20-13-16-14-22-8-10-23(16)11-9-22;/h16H,3-15H2,1-2H3,(H2,19,20,21);1H. The van der Waals surface area contributed by atoms with Crippen LogP contribution >= 0.6 is 24.0 Å². The number of piperazine rings is 3. The average Bonchev–Trinajstić information content (AvgIpc) is 2.59. The van der Waals surface area contributed by atoms with Crippen LogP contribution in [0.3, 0.4) is 0 Å². The van der Waals surface area contributed by atoms with Gasteiger partial charge in [-0.15, -0.1) is 24.0 Å². The zero-order valence-electron chi connectivity index (χ0n) is 15.9. The van der Waals surface area contributed by atoms with E-state index in [1.54, 1.807) is 7.11 Å². The molecule has 4 fully saturated rings. The van der Waals surface area contributed by atoms with Crippen molar-refractivity contribution < 1.29 is 4.74 Å². The molecule has 3 heterocycles. The van der Waals surface area contributed by atoms with Crippen molar-refractivity contribution in [3.05, 3.63) is 0 Å². The normalized spacial score (nSPS) is 30.3. The quantitative estimate of drug-likeness (QED) is 0.322. The Kier molecular flexibility index (Phi) is 8.71. The lowest BCUT2D eigenvalue weighted by atomic mass is 9.67. The molecule has 7 heteroatoms. The van der Waals surface area contributed by atoms with Gasteiger partial charge in [0.2, 0.25) is 0 Å². The summed E-state index contributed by atoms with van der Waals surface area (Å²) < 4.78 is 5.29. The second-order valence-corrected chi connectivity index (χ2v) is 7.66. The first-order valence-electron chi connectivity index (χ1n) is 9.72. The van der Waals surface area contributed by atoms with Gasteiger partial charge in [0.1, 0.15) is 0 Å². The minimum Gasteiger partial charge on any atom is -0.385 e. The summed E-state index contributed by atoms with van der Waals surface area (Å²) in [7, 11) is 1.80. The van der Waals surface area contributed by atoms with E-state index in [2.05, 4.69) is 27.4 Å². The molecule has 146 valence electrons. The molecule has 6 nitrogen and oxygen atoms in total. The maximum absolute atomic E-state index is 5.29. The van der Waals surface area contributed by atoms with Crippen molar-refractivity contribution in [2.45, 2.75) is 38.6 Å². The van der Waals surface area contributed by atoms with Gasteiger partial charge in [-0.05, 0) is 31.6 Å². The van der Waals surface area contributed by atoms with Gasteiger partial charge in [-0.2, -0.15) is 0 Å². The highest BCUT2D eigenvalue weighted by molar-refractivity contribution is 14.0. The molecule has 0 amide bonds.